The van der Waals surface area contributed by atoms with Crippen LogP contribution in [-0.4, -0.2) is 42.1 Å². The zero-order valence-corrected chi connectivity index (χ0v) is 13.0. The van der Waals surface area contributed by atoms with Crippen molar-refractivity contribution in [1.29, 1.82) is 0 Å². The second kappa shape index (κ2) is 7.04. The Morgan fingerprint density at radius 2 is 2.29 bits per heavy atom. The summed E-state index contributed by atoms with van der Waals surface area (Å²) in [6, 6.07) is 4.62. The lowest BCUT2D eigenvalue weighted by Gasteiger charge is -2.07. The van der Waals surface area contributed by atoms with Gasteiger partial charge in [-0.15, -0.1) is 0 Å². The fourth-order valence-corrected chi connectivity index (χ4v) is 3.31. The van der Waals surface area contributed by atoms with Gasteiger partial charge in [-0.2, -0.15) is 0 Å². The van der Waals surface area contributed by atoms with Gasteiger partial charge in [0.2, 0.25) is 0 Å². The number of thioether (sulfide) groups is 1. The maximum atomic E-state index is 13.8. The first-order chi connectivity index (χ1) is 10.0. The highest BCUT2D eigenvalue weighted by molar-refractivity contribution is 7.99. The van der Waals surface area contributed by atoms with Crippen molar-refractivity contribution >= 4 is 39.6 Å². The van der Waals surface area contributed by atoms with Crippen LogP contribution >= 0.6 is 11.8 Å². The first kappa shape index (κ1) is 16.0. The minimum atomic E-state index is -0.962. The summed E-state index contributed by atoms with van der Waals surface area (Å²) in [7, 11) is -0.949. The minimum Gasteiger partial charge on any atom is -0.481 e. The van der Waals surface area contributed by atoms with Crippen LogP contribution in [-0.2, 0) is 22.1 Å². The van der Waals surface area contributed by atoms with E-state index in [1.54, 1.807) is 16.7 Å². The molecule has 0 saturated carbocycles. The van der Waals surface area contributed by atoms with Crippen LogP contribution in [0.2, 0.25) is 0 Å². The number of rotatable bonds is 7. The lowest BCUT2D eigenvalue weighted by atomic mass is 10.3. The van der Waals surface area contributed by atoms with Crippen LogP contribution in [0.25, 0.3) is 11.0 Å². The monoisotopic (exact) mass is 330 g/mol. The van der Waals surface area contributed by atoms with Gasteiger partial charge in [0, 0.05) is 28.9 Å². The fourth-order valence-electron chi connectivity index (χ4n) is 1.88. The number of imidazole rings is 1. The van der Waals surface area contributed by atoms with Gasteiger partial charge >= 0.3 is 5.97 Å². The minimum absolute atomic E-state index is 0.151. The molecule has 0 spiro atoms. The molecule has 0 amide bonds. The number of hydrogen-bond donors (Lipinski definition) is 1. The Balaban J connectivity index is 2.37. The third kappa shape index (κ3) is 3.82. The molecule has 1 aromatic carbocycles. The van der Waals surface area contributed by atoms with Gasteiger partial charge < -0.3 is 9.67 Å². The quantitative estimate of drug-likeness (QED) is 0.787. The molecule has 0 fully saturated rings. The van der Waals surface area contributed by atoms with E-state index in [9.17, 15) is 13.4 Å². The molecule has 0 aliphatic carbocycles. The normalized spacial score (nSPS) is 12.7. The summed E-state index contributed by atoms with van der Waals surface area (Å²) < 4.78 is 27.1. The molecule has 0 bridgehead atoms. The number of carboxylic acid groups (broad SMARTS) is 1. The largest absolute Gasteiger partial charge is 0.481 e. The SMILES string of the molecule is CCS(=O)CCn1c(SCC(=O)O)nc2c(F)cccc21. The molecule has 0 radical (unpaired) electrons. The van der Waals surface area contributed by atoms with Crippen molar-refractivity contribution in [2.75, 3.05) is 17.3 Å². The van der Waals surface area contributed by atoms with Crippen molar-refractivity contribution in [3.05, 3.63) is 24.0 Å². The van der Waals surface area contributed by atoms with Crippen LogP contribution in [0.15, 0.2) is 23.4 Å². The van der Waals surface area contributed by atoms with Gasteiger partial charge in [-0.3, -0.25) is 9.00 Å². The van der Waals surface area contributed by atoms with E-state index in [4.69, 9.17) is 5.11 Å². The first-order valence-electron chi connectivity index (χ1n) is 6.37. The van der Waals surface area contributed by atoms with Gasteiger partial charge in [-0.05, 0) is 12.1 Å². The highest BCUT2D eigenvalue weighted by Crippen LogP contribution is 2.25. The van der Waals surface area contributed by atoms with Crippen LogP contribution in [0.4, 0.5) is 4.39 Å². The first-order valence-corrected chi connectivity index (χ1v) is 8.84. The van der Waals surface area contributed by atoms with Crippen molar-refractivity contribution in [3.63, 3.8) is 0 Å². The second-order valence-electron chi connectivity index (χ2n) is 4.27. The molecule has 1 atom stereocenters. The average molecular weight is 330 g/mol. The Hall–Kier alpha value is -1.41. The highest BCUT2D eigenvalue weighted by Gasteiger charge is 2.15. The maximum Gasteiger partial charge on any atom is 0.313 e. The predicted molar refractivity (Wildman–Crippen MR) is 81.6 cm³/mol. The van der Waals surface area contributed by atoms with Crippen LogP contribution in [0.3, 0.4) is 0 Å². The number of fused-ring (bicyclic) bond motifs is 1. The van der Waals surface area contributed by atoms with E-state index in [0.717, 1.165) is 11.8 Å². The van der Waals surface area contributed by atoms with Crippen LogP contribution in [0, 0.1) is 5.82 Å². The van der Waals surface area contributed by atoms with Gasteiger partial charge in [0.05, 0.1) is 11.3 Å². The number of carbonyl (C=O) groups is 1. The summed E-state index contributed by atoms with van der Waals surface area (Å²) in [6.07, 6.45) is 0. The molecule has 0 aliphatic rings. The molecule has 5 nitrogen and oxygen atoms in total. The molecule has 0 saturated heterocycles. The molecule has 21 heavy (non-hydrogen) atoms. The van der Waals surface area contributed by atoms with E-state index in [2.05, 4.69) is 4.98 Å². The van der Waals surface area contributed by atoms with E-state index in [-0.39, 0.29) is 11.3 Å². The predicted octanol–water partition coefficient (Wildman–Crippen LogP) is 2.12. The number of hydrogen-bond acceptors (Lipinski definition) is 4. The van der Waals surface area contributed by atoms with Crippen molar-refractivity contribution in [1.82, 2.24) is 9.55 Å². The Bertz CT molecular complexity index is 687. The van der Waals surface area contributed by atoms with Crippen molar-refractivity contribution in [3.8, 4) is 0 Å². The van der Waals surface area contributed by atoms with Crippen molar-refractivity contribution in [2.45, 2.75) is 18.6 Å². The average Bonchev–Trinajstić information content (AvgIpc) is 2.82. The summed E-state index contributed by atoms with van der Waals surface area (Å²) in [6.45, 7) is 2.25. The number of para-hydroxylation sites is 1. The molecule has 1 N–H and O–H groups in total. The van der Waals surface area contributed by atoms with Crippen LogP contribution in [0.5, 0.6) is 0 Å². The molecule has 0 aliphatic heterocycles. The topological polar surface area (TPSA) is 72.2 Å². The van der Waals surface area contributed by atoms with E-state index >= 15 is 0 Å². The standard InChI is InChI=1S/C13H15FN2O3S2/c1-2-21(19)7-6-16-10-5-3-4-9(14)12(10)15-13(16)20-8-11(17)18/h3-5H,2,6-8H2,1H3,(H,17,18). The lowest BCUT2D eigenvalue weighted by molar-refractivity contribution is -0.133. The summed E-state index contributed by atoms with van der Waals surface area (Å²) in [5, 5.41) is 9.21. The van der Waals surface area contributed by atoms with Gasteiger partial charge in [0.1, 0.15) is 5.52 Å². The number of aliphatic carboxylic acids is 1. The van der Waals surface area contributed by atoms with E-state index in [1.165, 1.54) is 6.07 Å². The van der Waals surface area contributed by atoms with Gasteiger partial charge in [-0.1, -0.05) is 24.8 Å². The molecule has 2 rings (SSSR count). The molecule has 1 aromatic heterocycles. The van der Waals surface area contributed by atoms with Crippen LogP contribution < -0.4 is 0 Å². The Kier molecular flexibility index (Phi) is 5.35. The fraction of sp³-hybridized carbons (Fsp3) is 0.385. The Morgan fingerprint density at radius 3 is 2.95 bits per heavy atom. The van der Waals surface area contributed by atoms with E-state index in [0.29, 0.717) is 28.7 Å². The van der Waals surface area contributed by atoms with Gasteiger partial charge in [-0.25, -0.2) is 9.37 Å². The summed E-state index contributed by atoms with van der Waals surface area (Å²) in [5.74, 6) is -0.573. The molecule has 114 valence electrons. The molecule has 1 unspecified atom stereocenters. The zero-order chi connectivity index (χ0) is 15.4. The maximum absolute atomic E-state index is 13.8. The third-order valence-electron chi connectivity index (χ3n) is 2.88. The summed E-state index contributed by atoms with van der Waals surface area (Å²) >= 11 is 1.04. The lowest BCUT2D eigenvalue weighted by Crippen LogP contribution is -2.10. The third-order valence-corrected chi connectivity index (χ3v) is 5.13. The smallest absolute Gasteiger partial charge is 0.313 e. The molecular weight excluding hydrogens is 315 g/mol. The van der Waals surface area contributed by atoms with Gasteiger partial charge in [0.25, 0.3) is 0 Å². The number of carboxylic acids is 1. The molecular formula is C13H15FN2O3S2. The molecule has 2 aromatic rings. The molecule has 1 heterocycles. The number of aromatic nitrogens is 2. The Morgan fingerprint density at radius 1 is 1.52 bits per heavy atom. The van der Waals surface area contributed by atoms with E-state index < -0.39 is 22.6 Å². The highest BCUT2D eigenvalue weighted by atomic mass is 32.2. The summed E-state index contributed by atoms with van der Waals surface area (Å²) in [4.78, 5) is 14.9. The summed E-state index contributed by atoms with van der Waals surface area (Å²) in [5.41, 5.74) is 0.809. The number of halogens is 1. The number of nitrogens with zero attached hydrogens (tertiary/aromatic N) is 2. The zero-order valence-electron chi connectivity index (χ0n) is 11.4. The number of benzene rings is 1. The van der Waals surface area contributed by atoms with Crippen molar-refractivity contribution in [2.24, 2.45) is 0 Å². The Labute approximate surface area is 128 Å². The van der Waals surface area contributed by atoms with Gasteiger partial charge in [0.15, 0.2) is 11.0 Å². The van der Waals surface area contributed by atoms with Crippen LogP contribution in [0.1, 0.15) is 6.92 Å². The molecule has 8 heteroatoms. The second-order valence-corrected chi connectivity index (χ2v) is 7.08. The number of aryl methyl sites for hydroxylation is 1. The van der Waals surface area contributed by atoms with Crippen molar-refractivity contribution < 1.29 is 18.5 Å². The van der Waals surface area contributed by atoms with E-state index in [1.807, 2.05) is 6.92 Å².